The Morgan fingerprint density at radius 3 is 2.08 bits per heavy atom. The van der Waals surface area contributed by atoms with Crippen molar-refractivity contribution in [3.05, 3.63) is 27.8 Å². The van der Waals surface area contributed by atoms with Gasteiger partial charge in [-0.05, 0) is 103 Å². The van der Waals surface area contributed by atoms with Crippen LogP contribution in [0.15, 0.2) is 12.1 Å². The number of likely N-dealkylation sites (tertiary alicyclic amines) is 2. The lowest BCUT2D eigenvalue weighted by Gasteiger charge is -2.42. The van der Waals surface area contributed by atoms with Crippen LogP contribution >= 0.6 is 0 Å². The minimum Gasteiger partial charge on any atom is -0.490 e. The van der Waals surface area contributed by atoms with E-state index in [2.05, 4.69) is 9.80 Å². The third-order valence-electron chi connectivity index (χ3n) is 8.66. The summed E-state index contributed by atoms with van der Waals surface area (Å²) in [5.74, 6) is 2.54. The van der Waals surface area contributed by atoms with E-state index in [9.17, 15) is 14.9 Å². The number of piperidine rings is 3. The highest BCUT2D eigenvalue weighted by Crippen LogP contribution is 2.38. The van der Waals surface area contributed by atoms with Crippen molar-refractivity contribution in [1.29, 1.82) is 0 Å². The summed E-state index contributed by atoms with van der Waals surface area (Å²) in [4.78, 5) is 30.2. The van der Waals surface area contributed by atoms with Crippen molar-refractivity contribution in [1.82, 2.24) is 9.80 Å². The van der Waals surface area contributed by atoms with Gasteiger partial charge < -0.3 is 24.2 Å². The number of ether oxygens (including phenoxy) is 2. The molecule has 3 aliphatic rings. The van der Waals surface area contributed by atoms with Crippen molar-refractivity contribution in [3.63, 3.8) is 0 Å². The molecule has 3 saturated heterocycles. The van der Waals surface area contributed by atoms with Crippen LogP contribution in [-0.2, 0) is 4.74 Å². The molecule has 3 aliphatic heterocycles. The van der Waals surface area contributed by atoms with Crippen LogP contribution < -0.4 is 9.64 Å². The number of anilines is 1. The van der Waals surface area contributed by atoms with E-state index >= 15 is 0 Å². The van der Waals surface area contributed by atoms with Crippen LogP contribution in [0, 0.1) is 34.8 Å². The summed E-state index contributed by atoms with van der Waals surface area (Å²) < 4.78 is 10.8. The molecule has 0 radical (unpaired) electrons. The predicted octanol–water partition coefficient (Wildman–Crippen LogP) is 5.49. The van der Waals surface area contributed by atoms with Crippen molar-refractivity contribution < 1.29 is 19.2 Å². The van der Waals surface area contributed by atoms with Gasteiger partial charge in [-0.15, -0.1) is 0 Å². The van der Waals surface area contributed by atoms with Crippen molar-refractivity contribution >= 4 is 17.5 Å². The molecule has 212 valence electrons. The molecule has 3 fully saturated rings. The van der Waals surface area contributed by atoms with Crippen LogP contribution in [0.5, 0.6) is 5.75 Å². The normalized spacial score (nSPS) is 21.0. The van der Waals surface area contributed by atoms with Crippen LogP contribution in [0.3, 0.4) is 0 Å². The number of nitrogens with zero attached hydrogens (tertiary/aromatic N) is 4. The molecular weight excluding hydrogens is 484 g/mol. The molecule has 0 aromatic heterocycles. The molecular formula is C29H46N4O5. The maximum Gasteiger partial charge on any atom is 0.410 e. The Morgan fingerprint density at radius 1 is 0.974 bits per heavy atom. The Hall–Kier alpha value is -2.55. The van der Waals surface area contributed by atoms with E-state index < -0.39 is 5.60 Å². The number of rotatable bonds is 6. The summed E-state index contributed by atoms with van der Waals surface area (Å²) in [6.07, 6.45) is 6.83. The number of hydrogen-bond acceptors (Lipinski definition) is 7. The molecule has 0 unspecified atom stereocenters. The quantitative estimate of drug-likeness (QED) is 0.355. The van der Waals surface area contributed by atoms with E-state index in [0.717, 1.165) is 68.7 Å². The van der Waals surface area contributed by atoms with Crippen LogP contribution in [0.1, 0.15) is 64.9 Å². The number of nitro groups is 1. The van der Waals surface area contributed by atoms with Crippen LogP contribution in [0.4, 0.5) is 16.2 Å². The fraction of sp³-hybridized carbons (Fsp3) is 0.759. The summed E-state index contributed by atoms with van der Waals surface area (Å²) in [6.45, 7) is 14.8. The Balaban J connectivity index is 1.19. The number of carbonyl (C=O) groups is 1. The second kappa shape index (κ2) is 12.1. The number of benzene rings is 1. The molecule has 4 rings (SSSR count). The van der Waals surface area contributed by atoms with E-state index in [0.29, 0.717) is 11.7 Å². The number of hydrogen-bond donors (Lipinski definition) is 0. The zero-order valence-electron chi connectivity index (χ0n) is 23.9. The van der Waals surface area contributed by atoms with Gasteiger partial charge in [0.25, 0.3) is 0 Å². The van der Waals surface area contributed by atoms with E-state index in [1.165, 1.54) is 45.9 Å². The Labute approximate surface area is 227 Å². The Bertz CT molecular complexity index is 970. The number of aryl methyl sites for hydroxylation is 1. The molecule has 1 aromatic rings. The molecule has 9 nitrogen and oxygen atoms in total. The Morgan fingerprint density at radius 2 is 1.55 bits per heavy atom. The van der Waals surface area contributed by atoms with E-state index in [-0.39, 0.29) is 16.7 Å². The topological polar surface area (TPSA) is 88.4 Å². The maximum atomic E-state index is 12.3. The predicted molar refractivity (Wildman–Crippen MR) is 149 cm³/mol. The van der Waals surface area contributed by atoms with Gasteiger partial charge in [-0.3, -0.25) is 10.1 Å². The fourth-order valence-corrected chi connectivity index (χ4v) is 6.52. The summed E-state index contributed by atoms with van der Waals surface area (Å²) in [6, 6.07) is 3.47. The van der Waals surface area contributed by atoms with Gasteiger partial charge in [0, 0.05) is 50.5 Å². The number of nitro benzene ring substituents is 1. The minimum atomic E-state index is -0.438. The van der Waals surface area contributed by atoms with Crippen molar-refractivity contribution in [3.8, 4) is 5.75 Å². The molecule has 0 saturated carbocycles. The molecule has 38 heavy (non-hydrogen) atoms. The third kappa shape index (κ3) is 7.10. The second-order valence-electron chi connectivity index (χ2n) is 12.4. The third-order valence-corrected chi connectivity index (χ3v) is 8.66. The molecule has 0 aliphatic carbocycles. The van der Waals surface area contributed by atoms with Crippen LogP contribution in [0.25, 0.3) is 0 Å². The van der Waals surface area contributed by atoms with Gasteiger partial charge in [0.1, 0.15) is 5.60 Å². The summed E-state index contributed by atoms with van der Waals surface area (Å²) in [7, 11) is 1.49. The molecule has 1 aromatic carbocycles. The highest BCUT2D eigenvalue weighted by Gasteiger charge is 2.32. The average Bonchev–Trinajstić information content (AvgIpc) is 2.88. The lowest BCUT2D eigenvalue weighted by atomic mass is 9.78. The first-order valence-electron chi connectivity index (χ1n) is 14.3. The zero-order valence-corrected chi connectivity index (χ0v) is 23.9. The van der Waals surface area contributed by atoms with Gasteiger partial charge in [-0.1, -0.05) is 0 Å². The standard InChI is InChI=1S/C29H46N4O5/c1-21-18-26(33(35)36)27(37-5)19-25(21)31-16-10-24(11-17-31)23-8-12-30(13-9-23)20-22-6-14-32(15-7-22)28(34)38-29(2,3)4/h18-19,22-24H,6-17,20H2,1-5H3. The van der Waals surface area contributed by atoms with Gasteiger partial charge in [0.2, 0.25) is 0 Å². The Kier molecular flexibility index (Phi) is 9.06. The first-order valence-corrected chi connectivity index (χ1v) is 14.3. The SMILES string of the molecule is COc1cc(N2CCC(C3CCN(CC4CCN(C(=O)OC(C)(C)C)CC4)CC3)CC2)c(C)cc1[N+](=O)[O-]. The summed E-state index contributed by atoms with van der Waals surface area (Å²) in [5, 5.41) is 11.3. The molecule has 1 amide bonds. The summed E-state index contributed by atoms with van der Waals surface area (Å²) >= 11 is 0. The number of methoxy groups -OCH3 is 1. The van der Waals surface area contributed by atoms with Gasteiger partial charge in [-0.2, -0.15) is 0 Å². The van der Waals surface area contributed by atoms with E-state index in [4.69, 9.17) is 9.47 Å². The van der Waals surface area contributed by atoms with Gasteiger partial charge in [-0.25, -0.2) is 4.79 Å². The monoisotopic (exact) mass is 530 g/mol. The van der Waals surface area contributed by atoms with Crippen LogP contribution in [0.2, 0.25) is 0 Å². The zero-order chi connectivity index (χ0) is 27.4. The van der Waals surface area contributed by atoms with E-state index in [1.807, 2.05) is 38.7 Å². The van der Waals surface area contributed by atoms with Crippen molar-refractivity contribution in [2.45, 2.75) is 71.8 Å². The first kappa shape index (κ1) is 28.5. The smallest absolute Gasteiger partial charge is 0.410 e. The van der Waals surface area contributed by atoms with E-state index in [1.54, 1.807) is 6.07 Å². The minimum absolute atomic E-state index is 0.0315. The molecule has 3 heterocycles. The summed E-state index contributed by atoms with van der Waals surface area (Å²) in [5.41, 5.74) is 1.58. The fourth-order valence-electron chi connectivity index (χ4n) is 6.52. The molecule has 0 N–H and O–H groups in total. The maximum absolute atomic E-state index is 12.3. The van der Waals surface area contributed by atoms with Gasteiger partial charge >= 0.3 is 11.8 Å². The lowest BCUT2D eigenvalue weighted by Crippen LogP contribution is -2.45. The van der Waals surface area contributed by atoms with Crippen molar-refractivity contribution in [2.24, 2.45) is 17.8 Å². The highest BCUT2D eigenvalue weighted by atomic mass is 16.6. The van der Waals surface area contributed by atoms with Crippen LogP contribution in [-0.4, -0.2) is 79.3 Å². The largest absolute Gasteiger partial charge is 0.490 e. The van der Waals surface area contributed by atoms with Gasteiger partial charge in [0.15, 0.2) is 5.75 Å². The highest BCUT2D eigenvalue weighted by molar-refractivity contribution is 5.68. The van der Waals surface area contributed by atoms with Gasteiger partial charge in [0.05, 0.1) is 12.0 Å². The lowest BCUT2D eigenvalue weighted by molar-refractivity contribution is -0.385. The number of amides is 1. The second-order valence-corrected chi connectivity index (χ2v) is 12.4. The molecule has 0 spiro atoms. The number of carbonyl (C=O) groups excluding carboxylic acids is 1. The molecule has 0 atom stereocenters. The molecule has 9 heteroatoms. The first-order chi connectivity index (χ1) is 18.0. The van der Waals surface area contributed by atoms with Crippen molar-refractivity contribution in [2.75, 3.05) is 57.8 Å². The average molecular weight is 531 g/mol. The molecule has 0 bridgehead atoms.